The summed E-state index contributed by atoms with van der Waals surface area (Å²) >= 11 is 0. The maximum absolute atomic E-state index is 11.5. The van der Waals surface area contributed by atoms with Crippen LogP contribution in [-0.2, 0) is 14.3 Å². The number of Topliss-reactive ketones (excluding diaryl/α,β-unsaturated/α-hetero) is 1. The number of esters is 1. The van der Waals surface area contributed by atoms with Crippen molar-refractivity contribution < 1.29 is 14.3 Å². The first kappa shape index (κ1) is 8.73. The number of hydrogen-bond donors (Lipinski definition) is 0. The number of ether oxygens (including phenoxy) is 1. The zero-order valence-electron chi connectivity index (χ0n) is 7.62. The van der Waals surface area contributed by atoms with Gasteiger partial charge in [0.1, 0.15) is 5.92 Å². The highest BCUT2D eigenvalue weighted by Crippen LogP contribution is 2.34. The van der Waals surface area contributed by atoms with Gasteiger partial charge in [-0.3, -0.25) is 9.59 Å². The first-order valence-electron chi connectivity index (χ1n) is 4.98. The normalized spacial score (nSPS) is 30.6. The number of carbonyl (C=O) groups is 2. The fourth-order valence-corrected chi connectivity index (χ4v) is 2.38. The molecule has 2 aliphatic rings. The maximum atomic E-state index is 11.5. The molecule has 1 atom stereocenters. The lowest BCUT2D eigenvalue weighted by atomic mass is 9.85. The molecular weight excluding hydrogens is 168 g/mol. The highest BCUT2D eigenvalue weighted by atomic mass is 16.5. The van der Waals surface area contributed by atoms with Crippen LogP contribution in [0.15, 0.2) is 0 Å². The van der Waals surface area contributed by atoms with Crippen LogP contribution in [0.1, 0.15) is 32.1 Å². The smallest absolute Gasteiger partial charge is 0.316 e. The van der Waals surface area contributed by atoms with Gasteiger partial charge < -0.3 is 4.74 Å². The molecule has 3 nitrogen and oxygen atoms in total. The Morgan fingerprint density at radius 3 is 2.46 bits per heavy atom. The standard InChI is InChI=1S/C10H14O3/c11-8-5-6-13-10(12)9(8)7-3-1-2-4-7/h7,9H,1-6H2. The molecular formula is C10H14O3. The molecule has 2 rings (SSSR count). The quantitative estimate of drug-likeness (QED) is 0.453. The van der Waals surface area contributed by atoms with Gasteiger partial charge in [-0.05, 0) is 18.8 Å². The predicted octanol–water partition coefficient (Wildman–Crippen LogP) is 1.31. The van der Waals surface area contributed by atoms with E-state index in [0.29, 0.717) is 13.0 Å². The Morgan fingerprint density at radius 2 is 1.85 bits per heavy atom. The second-order valence-electron chi connectivity index (χ2n) is 3.91. The molecule has 1 aliphatic heterocycles. The van der Waals surface area contributed by atoms with E-state index in [1.54, 1.807) is 0 Å². The minimum atomic E-state index is -0.420. The number of carbonyl (C=O) groups excluding carboxylic acids is 2. The van der Waals surface area contributed by atoms with Gasteiger partial charge in [0.05, 0.1) is 6.61 Å². The van der Waals surface area contributed by atoms with Gasteiger partial charge in [0.2, 0.25) is 0 Å². The molecule has 1 heterocycles. The summed E-state index contributed by atoms with van der Waals surface area (Å²) in [6.07, 6.45) is 4.77. The van der Waals surface area contributed by atoms with Crippen LogP contribution in [0.4, 0.5) is 0 Å². The Morgan fingerprint density at radius 1 is 1.15 bits per heavy atom. The van der Waals surface area contributed by atoms with Crippen molar-refractivity contribution in [3.63, 3.8) is 0 Å². The molecule has 0 aromatic carbocycles. The van der Waals surface area contributed by atoms with E-state index in [1.165, 1.54) is 0 Å². The van der Waals surface area contributed by atoms with Crippen molar-refractivity contribution in [3.05, 3.63) is 0 Å². The van der Waals surface area contributed by atoms with Gasteiger partial charge in [0, 0.05) is 6.42 Å². The Bertz CT molecular complexity index is 212. The van der Waals surface area contributed by atoms with Crippen molar-refractivity contribution in [1.29, 1.82) is 0 Å². The first-order valence-corrected chi connectivity index (χ1v) is 4.98. The van der Waals surface area contributed by atoms with Crippen molar-refractivity contribution in [2.24, 2.45) is 11.8 Å². The molecule has 1 aliphatic carbocycles. The number of hydrogen-bond acceptors (Lipinski definition) is 3. The lowest BCUT2D eigenvalue weighted by Crippen LogP contribution is -2.37. The summed E-state index contributed by atoms with van der Waals surface area (Å²) in [6.45, 7) is 0.293. The van der Waals surface area contributed by atoms with Crippen molar-refractivity contribution in [1.82, 2.24) is 0 Å². The van der Waals surface area contributed by atoms with Gasteiger partial charge in [0.25, 0.3) is 0 Å². The van der Waals surface area contributed by atoms with Gasteiger partial charge in [-0.25, -0.2) is 0 Å². The van der Waals surface area contributed by atoms with E-state index in [2.05, 4.69) is 0 Å². The molecule has 3 heteroatoms. The Labute approximate surface area is 77.4 Å². The molecule has 1 saturated carbocycles. The van der Waals surface area contributed by atoms with E-state index in [4.69, 9.17) is 4.74 Å². The van der Waals surface area contributed by atoms with Gasteiger partial charge in [0.15, 0.2) is 5.78 Å². The summed E-state index contributed by atoms with van der Waals surface area (Å²) in [7, 11) is 0. The largest absolute Gasteiger partial charge is 0.465 e. The lowest BCUT2D eigenvalue weighted by molar-refractivity contribution is -0.160. The second-order valence-corrected chi connectivity index (χ2v) is 3.91. The van der Waals surface area contributed by atoms with Crippen molar-refractivity contribution >= 4 is 11.8 Å². The monoisotopic (exact) mass is 182 g/mol. The maximum Gasteiger partial charge on any atom is 0.316 e. The molecule has 0 aromatic rings. The summed E-state index contributed by atoms with van der Waals surface area (Å²) < 4.78 is 4.91. The highest BCUT2D eigenvalue weighted by molar-refractivity contribution is 6.00. The second kappa shape index (κ2) is 3.48. The highest BCUT2D eigenvalue weighted by Gasteiger charge is 2.39. The topological polar surface area (TPSA) is 43.4 Å². The van der Waals surface area contributed by atoms with Crippen LogP contribution in [-0.4, -0.2) is 18.4 Å². The Hall–Kier alpha value is -0.860. The molecule has 0 radical (unpaired) electrons. The van der Waals surface area contributed by atoms with Crippen LogP contribution in [0.5, 0.6) is 0 Å². The summed E-state index contributed by atoms with van der Waals surface area (Å²) in [5.74, 6) is -0.317. The predicted molar refractivity (Wildman–Crippen MR) is 46.0 cm³/mol. The van der Waals surface area contributed by atoms with Crippen LogP contribution in [0.3, 0.4) is 0 Å². The first-order chi connectivity index (χ1) is 6.29. The van der Waals surface area contributed by atoms with E-state index in [9.17, 15) is 9.59 Å². The average molecular weight is 182 g/mol. The lowest BCUT2D eigenvalue weighted by Gasteiger charge is -2.24. The van der Waals surface area contributed by atoms with E-state index in [-0.39, 0.29) is 17.7 Å². The third-order valence-electron chi connectivity index (χ3n) is 3.06. The SMILES string of the molecule is O=C1CCOC(=O)C1C1CCCC1. The van der Waals surface area contributed by atoms with Crippen molar-refractivity contribution in [2.45, 2.75) is 32.1 Å². The molecule has 0 N–H and O–H groups in total. The van der Waals surface area contributed by atoms with Crippen molar-refractivity contribution in [2.75, 3.05) is 6.61 Å². The molecule has 0 spiro atoms. The van der Waals surface area contributed by atoms with E-state index in [1.807, 2.05) is 0 Å². The summed E-state index contributed by atoms with van der Waals surface area (Å²) in [5.41, 5.74) is 0. The van der Waals surface area contributed by atoms with Crippen LogP contribution in [0.25, 0.3) is 0 Å². The number of cyclic esters (lactones) is 1. The fourth-order valence-electron chi connectivity index (χ4n) is 2.38. The number of rotatable bonds is 1. The van der Waals surface area contributed by atoms with E-state index < -0.39 is 5.92 Å². The van der Waals surface area contributed by atoms with Gasteiger partial charge in [-0.2, -0.15) is 0 Å². The third kappa shape index (κ3) is 1.60. The van der Waals surface area contributed by atoms with Gasteiger partial charge in [-0.1, -0.05) is 12.8 Å². The molecule has 13 heavy (non-hydrogen) atoms. The molecule has 0 amide bonds. The molecule has 0 aromatic heterocycles. The molecule has 72 valence electrons. The summed E-state index contributed by atoms with van der Waals surface area (Å²) in [6, 6.07) is 0. The van der Waals surface area contributed by atoms with Crippen LogP contribution in [0.2, 0.25) is 0 Å². The van der Waals surface area contributed by atoms with E-state index >= 15 is 0 Å². The van der Waals surface area contributed by atoms with Gasteiger partial charge in [-0.15, -0.1) is 0 Å². The molecule has 1 unspecified atom stereocenters. The van der Waals surface area contributed by atoms with Gasteiger partial charge >= 0.3 is 5.97 Å². The molecule has 0 bridgehead atoms. The average Bonchev–Trinajstić information content (AvgIpc) is 2.57. The number of ketones is 1. The minimum absolute atomic E-state index is 0.100. The van der Waals surface area contributed by atoms with Crippen LogP contribution >= 0.6 is 0 Å². The third-order valence-corrected chi connectivity index (χ3v) is 3.06. The minimum Gasteiger partial charge on any atom is -0.465 e. The van der Waals surface area contributed by atoms with Crippen molar-refractivity contribution in [3.8, 4) is 0 Å². The summed E-state index contributed by atoms with van der Waals surface area (Å²) in [4.78, 5) is 22.8. The Kier molecular flexibility index (Phi) is 2.34. The fraction of sp³-hybridized carbons (Fsp3) is 0.800. The molecule has 2 fully saturated rings. The van der Waals surface area contributed by atoms with Crippen LogP contribution < -0.4 is 0 Å². The zero-order valence-corrected chi connectivity index (χ0v) is 7.62. The summed E-state index contributed by atoms with van der Waals surface area (Å²) in [5, 5.41) is 0. The Balaban J connectivity index is 2.08. The van der Waals surface area contributed by atoms with Crippen LogP contribution in [0, 0.1) is 11.8 Å². The zero-order chi connectivity index (χ0) is 9.26. The van der Waals surface area contributed by atoms with E-state index in [0.717, 1.165) is 25.7 Å². The molecule has 1 saturated heterocycles.